The van der Waals surface area contributed by atoms with Gasteiger partial charge in [0, 0.05) is 37.2 Å². The summed E-state index contributed by atoms with van der Waals surface area (Å²) in [5.74, 6) is -2.59. The van der Waals surface area contributed by atoms with Crippen LogP contribution in [0.2, 0.25) is 0 Å². The molecule has 4 aromatic rings. The van der Waals surface area contributed by atoms with Crippen LogP contribution in [0.1, 0.15) is 169 Å². The summed E-state index contributed by atoms with van der Waals surface area (Å²) in [6, 6.07) is 30.5. The number of anilines is 2. The maximum absolute atomic E-state index is 13.1. The highest BCUT2D eigenvalue weighted by Gasteiger charge is 2.23. The third-order valence-electron chi connectivity index (χ3n) is 12.1. The standard InChI is InChI=1S/C37H55N3O6.C22H26N2O4/c1-2-3-4-5-6-7-8-9-10-11-12-13-17-23-34(41)40-33(35(42)39-32-26-24-31(25-27-32)36(43)44)22-18-19-28-38-37(45)46-29-30-20-15-14-16-21-30;1-3-20(25)24-19(22(27)23-18-11-9-16(2)10-12-18)13-14-21(26)28-15-17-7-5-4-6-8-17/h14-16,20-21,24-27,33H,2-13,17-19,22-23,28-29H2,1H3,(H,38,45)(H,39,42)(H,40,41)(H,43,44);4-12,19H,3,13-15H2,1-2H3,(H,23,27)(H,24,25). The Kier molecular flexibility index (Phi) is 31.2. The van der Waals surface area contributed by atoms with E-state index in [1.54, 1.807) is 19.1 Å². The predicted octanol–water partition coefficient (Wildman–Crippen LogP) is 11.7. The number of ether oxygens (including phenoxy) is 2. The van der Waals surface area contributed by atoms with Crippen molar-refractivity contribution in [3.8, 4) is 0 Å². The molecular formula is C59H81N5O10. The highest BCUT2D eigenvalue weighted by atomic mass is 16.5. The average Bonchev–Trinajstić information content (AvgIpc) is 3.40. The fourth-order valence-corrected chi connectivity index (χ4v) is 7.71. The van der Waals surface area contributed by atoms with Gasteiger partial charge in [-0.25, -0.2) is 9.59 Å². The van der Waals surface area contributed by atoms with Gasteiger partial charge in [-0.15, -0.1) is 0 Å². The number of aromatic carboxylic acids is 1. The van der Waals surface area contributed by atoms with E-state index >= 15 is 0 Å². The van der Waals surface area contributed by atoms with Crippen LogP contribution >= 0.6 is 0 Å². The second-order valence-corrected chi connectivity index (χ2v) is 18.5. The van der Waals surface area contributed by atoms with Crippen LogP contribution in [0.4, 0.5) is 16.2 Å². The third kappa shape index (κ3) is 28.3. The molecule has 2 atom stereocenters. The van der Waals surface area contributed by atoms with Crippen molar-refractivity contribution >= 4 is 53.0 Å². The topological polar surface area (TPSA) is 218 Å². The molecule has 4 rings (SSSR count). The van der Waals surface area contributed by atoms with E-state index in [1.807, 2.05) is 79.7 Å². The zero-order valence-corrected chi connectivity index (χ0v) is 43.9. The number of aryl methyl sites for hydroxylation is 1. The van der Waals surface area contributed by atoms with Crippen LogP contribution in [0.5, 0.6) is 0 Å². The molecule has 402 valence electrons. The number of carboxylic acids is 1. The van der Waals surface area contributed by atoms with Gasteiger partial charge in [0.2, 0.25) is 23.6 Å². The number of hydrogen-bond acceptors (Lipinski definition) is 9. The molecule has 0 aromatic heterocycles. The van der Waals surface area contributed by atoms with Crippen LogP contribution in [0.15, 0.2) is 109 Å². The van der Waals surface area contributed by atoms with Gasteiger partial charge in [-0.05, 0) is 86.6 Å². The Morgan fingerprint density at radius 3 is 1.49 bits per heavy atom. The first-order valence-electron chi connectivity index (χ1n) is 26.6. The van der Waals surface area contributed by atoms with Crippen LogP contribution in [0, 0.1) is 6.92 Å². The first kappa shape index (κ1) is 61.3. The molecule has 4 aromatic carbocycles. The molecule has 0 saturated heterocycles. The molecule has 0 fully saturated rings. The zero-order chi connectivity index (χ0) is 53.6. The van der Waals surface area contributed by atoms with Gasteiger partial charge in [-0.2, -0.15) is 0 Å². The number of amides is 5. The largest absolute Gasteiger partial charge is 0.478 e. The molecule has 6 N–H and O–H groups in total. The Morgan fingerprint density at radius 2 is 0.973 bits per heavy atom. The van der Waals surface area contributed by atoms with E-state index in [9.17, 15) is 33.6 Å². The number of carbonyl (C=O) groups is 7. The molecule has 74 heavy (non-hydrogen) atoms. The van der Waals surface area contributed by atoms with Gasteiger partial charge in [0.25, 0.3) is 0 Å². The Labute approximate surface area is 438 Å². The lowest BCUT2D eigenvalue weighted by molar-refractivity contribution is -0.145. The van der Waals surface area contributed by atoms with Crippen molar-refractivity contribution < 1.29 is 48.1 Å². The second-order valence-electron chi connectivity index (χ2n) is 18.5. The highest BCUT2D eigenvalue weighted by molar-refractivity contribution is 5.98. The Morgan fingerprint density at radius 1 is 0.500 bits per heavy atom. The molecule has 0 aliphatic heterocycles. The van der Waals surface area contributed by atoms with Gasteiger partial charge in [0.1, 0.15) is 25.3 Å². The molecular weight excluding hydrogens is 939 g/mol. The summed E-state index contributed by atoms with van der Waals surface area (Å²) in [4.78, 5) is 85.4. The molecule has 0 aliphatic carbocycles. The number of carbonyl (C=O) groups excluding carboxylic acids is 6. The summed E-state index contributed by atoms with van der Waals surface area (Å²) >= 11 is 0. The van der Waals surface area contributed by atoms with E-state index in [4.69, 9.17) is 14.6 Å². The van der Waals surface area contributed by atoms with E-state index in [-0.39, 0.29) is 61.7 Å². The molecule has 0 radical (unpaired) electrons. The van der Waals surface area contributed by atoms with Crippen LogP contribution in [0.25, 0.3) is 0 Å². The number of nitrogens with one attached hydrogen (secondary N) is 5. The van der Waals surface area contributed by atoms with Gasteiger partial charge < -0.3 is 41.2 Å². The van der Waals surface area contributed by atoms with Crippen molar-refractivity contribution in [2.75, 3.05) is 17.2 Å². The number of rotatable bonds is 34. The van der Waals surface area contributed by atoms with Crippen LogP contribution in [-0.2, 0) is 46.7 Å². The lowest BCUT2D eigenvalue weighted by atomic mass is 10.0. The maximum Gasteiger partial charge on any atom is 0.407 e. The minimum Gasteiger partial charge on any atom is -0.478 e. The Balaban J connectivity index is 0.000000439. The van der Waals surface area contributed by atoms with Gasteiger partial charge in [0.05, 0.1) is 5.56 Å². The summed E-state index contributed by atoms with van der Waals surface area (Å²) in [6.07, 6.45) is 17.9. The molecule has 0 saturated carbocycles. The molecule has 5 amide bonds. The first-order valence-corrected chi connectivity index (χ1v) is 26.6. The first-order chi connectivity index (χ1) is 35.9. The van der Waals surface area contributed by atoms with Crippen LogP contribution in [0.3, 0.4) is 0 Å². The lowest BCUT2D eigenvalue weighted by Gasteiger charge is -2.19. The van der Waals surface area contributed by atoms with Crippen molar-refractivity contribution in [1.82, 2.24) is 16.0 Å². The normalized spacial score (nSPS) is 11.4. The van der Waals surface area contributed by atoms with Crippen molar-refractivity contribution in [3.05, 3.63) is 131 Å². The summed E-state index contributed by atoms with van der Waals surface area (Å²) in [5.41, 5.74) is 4.08. The monoisotopic (exact) mass is 1020 g/mol. The Hall–Kier alpha value is -7.03. The van der Waals surface area contributed by atoms with Crippen molar-refractivity contribution in [3.63, 3.8) is 0 Å². The van der Waals surface area contributed by atoms with Crippen molar-refractivity contribution in [2.24, 2.45) is 0 Å². The zero-order valence-electron chi connectivity index (χ0n) is 43.9. The number of carboxylic acid groups (broad SMARTS) is 1. The summed E-state index contributed by atoms with van der Waals surface area (Å²) in [6.45, 7) is 6.66. The van der Waals surface area contributed by atoms with Gasteiger partial charge in [-0.3, -0.25) is 24.0 Å². The fraction of sp³-hybridized carbons (Fsp3) is 0.475. The van der Waals surface area contributed by atoms with Gasteiger partial charge in [0.15, 0.2) is 0 Å². The molecule has 15 heteroatoms. The molecule has 2 unspecified atom stereocenters. The van der Waals surface area contributed by atoms with E-state index in [0.717, 1.165) is 36.0 Å². The number of hydrogen-bond donors (Lipinski definition) is 6. The highest BCUT2D eigenvalue weighted by Crippen LogP contribution is 2.16. The molecule has 0 aliphatic rings. The lowest BCUT2D eigenvalue weighted by Crippen LogP contribution is -2.43. The van der Waals surface area contributed by atoms with Crippen molar-refractivity contribution in [2.45, 2.75) is 174 Å². The van der Waals surface area contributed by atoms with Gasteiger partial charge in [-0.1, -0.05) is 169 Å². The predicted molar refractivity (Wildman–Crippen MR) is 290 cm³/mol. The fourth-order valence-electron chi connectivity index (χ4n) is 7.71. The van der Waals surface area contributed by atoms with E-state index in [2.05, 4.69) is 33.5 Å². The summed E-state index contributed by atoms with van der Waals surface area (Å²) < 4.78 is 10.5. The van der Waals surface area contributed by atoms with Crippen molar-refractivity contribution in [1.29, 1.82) is 0 Å². The van der Waals surface area contributed by atoms with E-state index in [1.165, 1.54) is 88.5 Å². The number of benzene rings is 4. The quantitative estimate of drug-likeness (QED) is 0.0192. The number of alkyl carbamates (subject to hydrolysis) is 1. The van der Waals surface area contributed by atoms with Crippen LogP contribution < -0.4 is 26.6 Å². The summed E-state index contributed by atoms with van der Waals surface area (Å²) in [7, 11) is 0. The van der Waals surface area contributed by atoms with E-state index < -0.39 is 30.1 Å². The van der Waals surface area contributed by atoms with Gasteiger partial charge >= 0.3 is 18.0 Å². The SMILES string of the molecule is CCC(=O)NC(CCC(=O)OCc1ccccc1)C(=O)Nc1ccc(C)cc1.CCCCCCCCCCCCCCCC(=O)NC(CCCCNC(=O)OCc1ccccc1)C(=O)Nc1ccc(C(=O)O)cc1. The molecule has 0 spiro atoms. The third-order valence-corrected chi connectivity index (χ3v) is 12.1. The molecule has 15 nitrogen and oxygen atoms in total. The van der Waals surface area contributed by atoms with E-state index in [0.29, 0.717) is 43.6 Å². The minimum absolute atomic E-state index is 0.0306. The smallest absolute Gasteiger partial charge is 0.407 e. The molecule has 0 heterocycles. The minimum atomic E-state index is -1.05. The second kappa shape index (κ2) is 37.7. The maximum atomic E-state index is 13.1. The number of unbranched alkanes of at least 4 members (excludes halogenated alkanes) is 13. The average molecular weight is 1020 g/mol. The Bertz CT molecular complexity index is 2240. The summed E-state index contributed by atoms with van der Waals surface area (Å²) in [5, 5.41) is 23.0. The van der Waals surface area contributed by atoms with Crippen LogP contribution in [-0.4, -0.2) is 65.4 Å². The number of esters is 1. The molecule has 0 bridgehead atoms.